The van der Waals surface area contributed by atoms with Crippen molar-refractivity contribution < 1.29 is 9.18 Å². The Kier molecular flexibility index (Phi) is 5.06. The number of benzene rings is 1. The van der Waals surface area contributed by atoms with E-state index in [2.05, 4.69) is 0 Å². The maximum Gasteiger partial charge on any atom is 0.242 e. The Balaban J connectivity index is 2.91. The van der Waals surface area contributed by atoms with Crippen LogP contribution in [-0.4, -0.2) is 23.4 Å². The van der Waals surface area contributed by atoms with Crippen molar-refractivity contribution in [3.63, 3.8) is 0 Å². The molecule has 0 aromatic heterocycles. The van der Waals surface area contributed by atoms with Crippen LogP contribution in [0.4, 0.5) is 4.39 Å². The first-order chi connectivity index (χ1) is 8.81. The Hall–Kier alpha value is -1.42. The molecule has 3 nitrogen and oxygen atoms in total. The molecule has 106 valence electrons. The van der Waals surface area contributed by atoms with E-state index in [0.29, 0.717) is 12.0 Å². The number of carbonyl (C=O) groups excluding carboxylic acids is 1. The van der Waals surface area contributed by atoms with Gasteiger partial charge in [-0.2, -0.15) is 0 Å². The second kappa shape index (κ2) is 6.15. The van der Waals surface area contributed by atoms with E-state index in [0.717, 1.165) is 6.42 Å². The molecule has 1 aromatic carbocycles. The van der Waals surface area contributed by atoms with Crippen LogP contribution in [0.3, 0.4) is 0 Å². The van der Waals surface area contributed by atoms with E-state index in [-0.39, 0.29) is 17.8 Å². The molecule has 1 amide bonds. The molecular formula is C15H23FN2O. The highest BCUT2D eigenvalue weighted by Gasteiger charge is 2.32. The monoisotopic (exact) mass is 266 g/mol. The second-order valence-corrected chi connectivity index (χ2v) is 5.28. The summed E-state index contributed by atoms with van der Waals surface area (Å²) in [5.41, 5.74) is 5.65. The number of nitrogens with zero attached hydrogens (tertiary/aromatic N) is 1. The van der Waals surface area contributed by atoms with Crippen LogP contribution in [0.25, 0.3) is 0 Å². The molecule has 1 aromatic rings. The number of rotatable bonds is 5. The van der Waals surface area contributed by atoms with Gasteiger partial charge in [-0.1, -0.05) is 31.5 Å². The average Bonchev–Trinajstić information content (AvgIpc) is 2.36. The molecule has 0 aliphatic carbocycles. The predicted octanol–water partition coefficient (Wildman–Crippen LogP) is 2.86. The molecule has 0 spiro atoms. The fourth-order valence-corrected chi connectivity index (χ4v) is 2.23. The van der Waals surface area contributed by atoms with Crippen LogP contribution in [-0.2, 0) is 4.79 Å². The second-order valence-electron chi connectivity index (χ2n) is 5.28. The Bertz CT molecular complexity index is 446. The van der Waals surface area contributed by atoms with Gasteiger partial charge < -0.3 is 10.6 Å². The van der Waals surface area contributed by atoms with Crippen molar-refractivity contribution in [1.82, 2.24) is 4.90 Å². The highest BCUT2D eigenvalue weighted by molar-refractivity contribution is 5.85. The number of likely N-dealkylation sites (N-methyl/N-ethyl adjacent to an activating group) is 1. The predicted molar refractivity (Wildman–Crippen MR) is 75.1 cm³/mol. The van der Waals surface area contributed by atoms with E-state index in [1.807, 2.05) is 6.92 Å². The Morgan fingerprint density at radius 3 is 2.58 bits per heavy atom. The first-order valence-electron chi connectivity index (χ1n) is 6.61. The van der Waals surface area contributed by atoms with Gasteiger partial charge >= 0.3 is 0 Å². The maximum atomic E-state index is 13.7. The summed E-state index contributed by atoms with van der Waals surface area (Å²) < 4.78 is 13.7. The lowest BCUT2D eigenvalue weighted by molar-refractivity contribution is -0.137. The Morgan fingerprint density at radius 1 is 1.47 bits per heavy atom. The molecule has 0 radical (unpaired) electrons. The first kappa shape index (κ1) is 15.6. The summed E-state index contributed by atoms with van der Waals surface area (Å²) in [6, 6.07) is 6.15. The highest BCUT2D eigenvalue weighted by Crippen LogP contribution is 2.24. The molecule has 0 heterocycles. The third-order valence-corrected chi connectivity index (χ3v) is 3.51. The summed E-state index contributed by atoms with van der Waals surface area (Å²) in [6.45, 7) is 5.51. The highest BCUT2D eigenvalue weighted by atomic mass is 19.1. The lowest BCUT2D eigenvalue weighted by Crippen LogP contribution is -2.52. The molecule has 4 heteroatoms. The molecule has 0 bridgehead atoms. The maximum absolute atomic E-state index is 13.7. The van der Waals surface area contributed by atoms with E-state index < -0.39 is 5.54 Å². The van der Waals surface area contributed by atoms with E-state index in [1.165, 1.54) is 11.0 Å². The van der Waals surface area contributed by atoms with Gasteiger partial charge in [-0.15, -0.1) is 0 Å². The lowest BCUT2D eigenvalue weighted by atomic mass is 9.94. The van der Waals surface area contributed by atoms with Crippen molar-refractivity contribution >= 4 is 5.91 Å². The summed E-state index contributed by atoms with van der Waals surface area (Å²) in [6.07, 6.45) is 1.45. The summed E-state index contributed by atoms with van der Waals surface area (Å²) in [5.74, 6) is -0.464. The van der Waals surface area contributed by atoms with Crippen LogP contribution in [0.2, 0.25) is 0 Å². The van der Waals surface area contributed by atoms with Crippen molar-refractivity contribution in [3.8, 4) is 0 Å². The van der Waals surface area contributed by atoms with Gasteiger partial charge in [0.15, 0.2) is 0 Å². The summed E-state index contributed by atoms with van der Waals surface area (Å²) in [5, 5.41) is 0. The van der Waals surface area contributed by atoms with Gasteiger partial charge in [-0.3, -0.25) is 4.79 Å². The normalized spacial score (nSPS) is 15.7. The standard InChI is InChI=1S/C15H23FN2O/c1-5-10-15(3,17)14(19)18(4)11(2)12-8-6-7-9-13(12)16/h6-9,11H,5,10,17H2,1-4H3. The van der Waals surface area contributed by atoms with Crippen molar-refractivity contribution in [2.24, 2.45) is 5.73 Å². The van der Waals surface area contributed by atoms with Gasteiger partial charge in [-0.05, 0) is 26.3 Å². The van der Waals surface area contributed by atoms with Crippen LogP contribution in [0.1, 0.15) is 45.2 Å². The first-order valence-corrected chi connectivity index (χ1v) is 6.61. The van der Waals surface area contributed by atoms with Crippen molar-refractivity contribution in [3.05, 3.63) is 35.6 Å². The minimum Gasteiger partial charge on any atom is -0.337 e. The fraction of sp³-hybridized carbons (Fsp3) is 0.533. The van der Waals surface area contributed by atoms with Crippen LogP contribution >= 0.6 is 0 Å². The Labute approximate surface area is 114 Å². The molecule has 0 fully saturated rings. The van der Waals surface area contributed by atoms with Crippen molar-refractivity contribution in [1.29, 1.82) is 0 Å². The van der Waals surface area contributed by atoms with Crippen LogP contribution in [0.15, 0.2) is 24.3 Å². The van der Waals surface area contributed by atoms with E-state index in [9.17, 15) is 9.18 Å². The SMILES string of the molecule is CCCC(C)(N)C(=O)N(C)C(C)c1ccccc1F. The number of carbonyl (C=O) groups is 1. The molecule has 2 atom stereocenters. The van der Waals surface area contributed by atoms with Crippen LogP contribution < -0.4 is 5.73 Å². The fourth-order valence-electron chi connectivity index (χ4n) is 2.23. The van der Waals surface area contributed by atoms with E-state index >= 15 is 0 Å². The molecule has 2 unspecified atom stereocenters. The molecule has 2 N–H and O–H groups in total. The smallest absolute Gasteiger partial charge is 0.242 e. The van der Waals surface area contributed by atoms with Crippen molar-refractivity contribution in [2.75, 3.05) is 7.05 Å². The van der Waals surface area contributed by atoms with Crippen LogP contribution in [0.5, 0.6) is 0 Å². The van der Waals surface area contributed by atoms with Crippen molar-refractivity contribution in [2.45, 2.75) is 45.2 Å². The van der Waals surface area contributed by atoms with Gasteiger partial charge in [0.1, 0.15) is 5.82 Å². The minimum absolute atomic E-state index is 0.162. The minimum atomic E-state index is -0.900. The summed E-state index contributed by atoms with van der Waals surface area (Å²) >= 11 is 0. The topological polar surface area (TPSA) is 46.3 Å². The summed E-state index contributed by atoms with van der Waals surface area (Å²) in [4.78, 5) is 13.9. The number of hydrogen-bond donors (Lipinski definition) is 1. The third kappa shape index (κ3) is 3.53. The molecule has 19 heavy (non-hydrogen) atoms. The zero-order valence-electron chi connectivity index (χ0n) is 12.1. The lowest BCUT2D eigenvalue weighted by Gasteiger charge is -2.33. The average molecular weight is 266 g/mol. The quantitative estimate of drug-likeness (QED) is 0.890. The van der Waals surface area contributed by atoms with Gasteiger partial charge in [-0.25, -0.2) is 4.39 Å². The van der Waals surface area contributed by atoms with E-state index in [1.54, 1.807) is 39.1 Å². The Morgan fingerprint density at radius 2 is 2.05 bits per heavy atom. The number of amides is 1. The number of nitrogens with two attached hydrogens (primary N) is 1. The van der Waals surface area contributed by atoms with E-state index in [4.69, 9.17) is 5.73 Å². The largest absolute Gasteiger partial charge is 0.337 e. The number of hydrogen-bond acceptors (Lipinski definition) is 2. The van der Waals surface area contributed by atoms with Gasteiger partial charge in [0.2, 0.25) is 5.91 Å². The molecule has 0 saturated heterocycles. The van der Waals surface area contributed by atoms with Gasteiger partial charge in [0, 0.05) is 12.6 Å². The molecule has 0 saturated carbocycles. The number of halogens is 1. The third-order valence-electron chi connectivity index (χ3n) is 3.51. The van der Waals surface area contributed by atoms with Crippen LogP contribution in [0, 0.1) is 5.82 Å². The zero-order chi connectivity index (χ0) is 14.6. The summed E-state index contributed by atoms with van der Waals surface area (Å²) in [7, 11) is 1.67. The zero-order valence-corrected chi connectivity index (χ0v) is 12.1. The van der Waals surface area contributed by atoms with Gasteiger partial charge in [0.25, 0.3) is 0 Å². The molecular weight excluding hydrogens is 243 g/mol. The van der Waals surface area contributed by atoms with Gasteiger partial charge in [0.05, 0.1) is 11.6 Å². The molecule has 0 aliphatic heterocycles. The molecule has 1 rings (SSSR count). The molecule has 0 aliphatic rings.